The molecule has 8 heteroatoms. The third-order valence-corrected chi connectivity index (χ3v) is 4.93. The molecule has 3 rings (SSSR count). The predicted molar refractivity (Wildman–Crippen MR) is 92.3 cm³/mol. The van der Waals surface area contributed by atoms with Gasteiger partial charge in [-0.2, -0.15) is 0 Å². The summed E-state index contributed by atoms with van der Waals surface area (Å²) in [5, 5.41) is 13.9. The lowest BCUT2D eigenvalue weighted by atomic mass is 10.1. The van der Waals surface area contributed by atoms with Gasteiger partial charge in [-0.05, 0) is 37.1 Å². The Morgan fingerprint density at radius 1 is 1.35 bits per heavy atom. The molecule has 0 bridgehead atoms. The van der Waals surface area contributed by atoms with Gasteiger partial charge >= 0.3 is 0 Å². The number of thiazole rings is 1. The van der Waals surface area contributed by atoms with E-state index in [4.69, 9.17) is 0 Å². The number of rotatable bonds is 5. The summed E-state index contributed by atoms with van der Waals surface area (Å²) in [6, 6.07) is 6.16. The van der Waals surface area contributed by atoms with Crippen molar-refractivity contribution in [2.45, 2.75) is 19.0 Å². The molecule has 6 nitrogen and oxygen atoms in total. The molecule has 0 atom stereocenters. The second kappa shape index (κ2) is 6.93. The normalized spacial score (nSPS) is 10.7. The van der Waals surface area contributed by atoms with E-state index in [1.165, 1.54) is 34.2 Å². The number of hydrogen-bond acceptors (Lipinski definition) is 6. The van der Waals surface area contributed by atoms with Crippen molar-refractivity contribution in [1.82, 2.24) is 19.7 Å². The van der Waals surface area contributed by atoms with Crippen LogP contribution in [-0.2, 0) is 4.79 Å². The number of hydrogen-bond donors (Lipinski definition) is 1. The first kappa shape index (κ1) is 15.7. The van der Waals surface area contributed by atoms with Crippen LogP contribution >= 0.6 is 23.1 Å². The number of nitrogens with zero attached hydrogens (tertiary/aromatic N) is 4. The van der Waals surface area contributed by atoms with E-state index in [0.29, 0.717) is 10.3 Å². The van der Waals surface area contributed by atoms with Gasteiger partial charge < -0.3 is 5.32 Å². The van der Waals surface area contributed by atoms with Crippen LogP contribution in [-0.4, -0.2) is 31.4 Å². The number of nitrogens with one attached hydrogen (secondary N) is 1. The summed E-state index contributed by atoms with van der Waals surface area (Å²) in [6.07, 6.45) is 3.31. The molecule has 1 aromatic carbocycles. The summed E-state index contributed by atoms with van der Waals surface area (Å²) in [5.74, 6) is 0.142. The molecule has 118 valence electrons. The van der Waals surface area contributed by atoms with Gasteiger partial charge in [-0.25, -0.2) is 4.98 Å². The average Bonchev–Trinajstić information content (AvgIpc) is 3.19. The van der Waals surface area contributed by atoms with Gasteiger partial charge in [0.2, 0.25) is 5.91 Å². The molecule has 0 aliphatic carbocycles. The summed E-state index contributed by atoms with van der Waals surface area (Å²) in [5.41, 5.74) is 3.42. The summed E-state index contributed by atoms with van der Waals surface area (Å²) in [7, 11) is 0. The highest BCUT2D eigenvalue weighted by molar-refractivity contribution is 7.99. The van der Waals surface area contributed by atoms with Crippen LogP contribution in [0.1, 0.15) is 11.1 Å². The lowest BCUT2D eigenvalue weighted by Crippen LogP contribution is -2.14. The van der Waals surface area contributed by atoms with E-state index in [9.17, 15) is 4.79 Å². The number of thioether (sulfide) groups is 1. The van der Waals surface area contributed by atoms with Crippen LogP contribution in [0.2, 0.25) is 0 Å². The summed E-state index contributed by atoms with van der Waals surface area (Å²) in [4.78, 5) is 16.0. The van der Waals surface area contributed by atoms with Gasteiger partial charge in [0, 0.05) is 17.3 Å². The molecule has 23 heavy (non-hydrogen) atoms. The topological polar surface area (TPSA) is 72.7 Å². The quantitative estimate of drug-likeness (QED) is 0.720. The fraction of sp³-hybridized carbons (Fsp3) is 0.200. The molecular formula is C15H15N5OS2. The van der Waals surface area contributed by atoms with Crippen molar-refractivity contribution in [3.8, 4) is 5.69 Å². The minimum atomic E-state index is -0.111. The fourth-order valence-corrected chi connectivity index (χ4v) is 3.22. The third kappa shape index (κ3) is 3.77. The Balaban J connectivity index is 1.68. The molecule has 0 aliphatic rings. The zero-order valence-corrected chi connectivity index (χ0v) is 14.3. The molecule has 0 saturated carbocycles. The molecule has 1 N–H and O–H groups in total. The van der Waals surface area contributed by atoms with Crippen LogP contribution in [0.5, 0.6) is 0 Å². The van der Waals surface area contributed by atoms with Gasteiger partial charge in [0.05, 0.1) is 5.75 Å². The molecule has 2 aromatic heterocycles. The van der Waals surface area contributed by atoms with Crippen molar-refractivity contribution in [2.75, 3.05) is 11.1 Å². The summed E-state index contributed by atoms with van der Waals surface area (Å²) < 4.78 is 1.88. The van der Waals surface area contributed by atoms with E-state index < -0.39 is 0 Å². The summed E-state index contributed by atoms with van der Waals surface area (Å²) in [6.45, 7) is 4.14. The number of benzene rings is 1. The maximum Gasteiger partial charge on any atom is 0.236 e. The van der Waals surface area contributed by atoms with E-state index in [-0.39, 0.29) is 11.7 Å². The van der Waals surface area contributed by atoms with Crippen LogP contribution in [0.4, 0.5) is 5.13 Å². The lowest BCUT2D eigenvalue weighted by Gasteiger charge is -2.08. The summed E-state index contributed by atoms with van der Waals surface area (Å²) >= 11 is 2.73. The van der Waals surface area contributed by atoms with E-state index >= 15 is 0 Å². The van der Waals surface area contributed by atoms with Crippen molar-refractivity contribution in [2.24, 2.45) is 0 Å². The van der Waals surface area contributed by atoms with Crippen molar-refractivity contribution >= 4 is 34.1 Å². The van der Waals surface area contributed by atoms with E-state index in [1.807, 2.05) is 16.0 Å². The molecular weight excluding hydrogens is 330 g/mol. The van der Waals surface area contributed by atoms with Gasteiger partial charge in [-0.15, -0.1) is 21.5 Å². The molecule has 0 aliphatic heterocycles. The molecule has 2 heterocycles. The van der Waals surface area contributed by atoms with Crippen molar-refractivity contribution in [3.63, 3.8) is 0 Å². The smallest absolute Gasteiger partial charge is 0.236 e. The van der Waals surface area contributed by atoms with Crippen LogP contribution in [0, 0.1) is 13.8 Å². The maximum absolute atomic E-state index is 11.9. The molecule has 0 spiro atoms. The number of aryl methyl sites for hydroxylation is 2. The number of amides is 1. The van der Waals surface area contributed by atoms with Gasteiger partial charge in [0.15, 0.2) is 10.3 Å². The Morgan fingerprint density at radius 3 is 2.96 bits per heavy atom. The first-order chi connectivity index (χ1) is 11.1. The second-order valence-electron chi connectivity index (χ2n) is 4.93. The van der Waals surface area contributed by atoms with Crippen LogP contribution < -0.4 is 5.32 Å². The van der Waals surface area contributed by atoms with Crippen LogP contribution in [0.3, 0.4) is 0 Å². The highest BCUT2D eigenvalue weighted by atomic mass is 32.2. The lowest BCUT2D eigenvalue weighted by molar-refractivity contribution is -0.113. The van der Waals surface area contributed by atoms with E-state index in [1.54, 1.807) is 12.5 Å². The van der Waals surface area contributed by atoms with Crippen LogP contribution in [0.15, 0.2) is 41.3 Å². The Labute approximate surface area is 142 Å². The fourth-order valence-electron chi connectivity index (χ4n) is 1.95. The predicted octanol–water partition coefficient (Wildman–Crippen LogP) is 3.07. The van der Waals surface area contributed by atoms with Crippen LogP contribution in [0.25, 0.3) is 5.69 Å². The Morgan fingerprint density at radius 2 is 2.22 bits per heavy atom. The van der Waals surface area contributed by atoms with Gasteiger partial charge in [0.25, 0.3) is 0 Å². The Bertz CT molecular complexity index is 813. The third-order valence-electron chi connectivity index (χ3n) is 3.30. The highest BCUT2D eigenvalue weighted by Crippen LogP contribution is 2.21. The molecule has 1 amide bonds. The molecule has 0 unspecified atom stereocenters. The Hall–Kier alpha value is -2.19. The second-order valence-corrected chi connectivity index (χ2v) is 6.76. The molecule has 0 fully saturated rings. The van der Waals surface area contributed by atoms with Gasteiger partial charge in [0.1, 0.15) is 6.33 Å². The minimum Gasteiger partial charge on any atom is -0.301 e. The Kier molecular flexibility index (Phi) is 4.73. The number of aromatic nitrogens is 4. The number of carbonyl (C=O) groups excluding carboxylic acids is 1. The van der Waals surface area contributed by atoms with Gasteiger partial charge in [-0.1, -0.05) is 17.8 Å². The molecule has 0 saturated heterocycles. The maximum atomic E-state index is 11.9. The van der Waals surface area contributed by atoms with Crippen molar-refractivity contribution < 1.29 is 4.79 Å². The molecule has 3 aromatic rings. The zero-order valence-electron chi connectivity index (χ0n) is 12.7. The molecule has 0 radical (unpaired) electrons. The minimum absolute atomic E-state index is 0.111. The SMILES string of the molecule is Cc1ccc(-n2cnnc2SCC(=O)Nc2nccs2)cc1C. The van der Waals surface area contributed by atoms with E-state index in [2.05, 4.69) is 46.5 Å². The van der Waals surface area contributed by atoms with Crippen molar-refractivity contribution in [1.29, 1.82) is 0 Å². The first-order valence-electron chi connectivity index (χ1n) is 6.93. The van der Waals surface area contributed by atoms with E-state index in [0.717, 1.165) is 5.69 Å². The zero-order chi connectivity index (χ0) is 16.2. The number of anilines is 1. The average molecular weight is 345 g/mol. The first-order valence-corrected chi connectivity index (χ1v) is 8.80. The standard InChI is InChI=1S/C15H15N5OS2/c1-10-3-4-12(7-11(10)2)20-9-17-19-15(20)23-8-13(21)18-14-16-5-6-22-14/h3-7,9H,8H2,1-2H3,(H,16,18,21). The number of carbonyl (C=O) groups is 1. The van der Waals surface area contributed by atoms with Crippen molar-refractivity contribution in [3.05, 3.63) is 47.2 Å². The largest absolute Gasteiger partial charge is 0.301 e. The van der Waals surface area contributed by atoms with Gasteiger partial charge in [-0.3, -0.25) is 9.36 Å². The monoisotopic (exact) mass is 345 g/mol. The highest BCUT2D eigenvalue weighted by Gasteiger charge is 2.11.